The second-order valence-corrected chi connectivity index (χ2v) is 5.47. The number of carbonyl (C=O) groups excluding carboxylic acids is 2. The maximum Gasteiger partial charge on any atom is 0.249 e. The molecule has 1 aromatic carbocycles. The van der Waals surface area contributed by atoms with Gasteiger partial charge in [-0.2, -0.15) is 5.10 Å². The van der Waals surface area contributed by atoms with Crippen molar-refractivity contribution in [3.8, 4) is 5.75 Å². The SMILES string of the molecule is O=C(CC(=O)NC1CCCCC1)N/N=C\c1cccc(O)c1. The van der Waals surface area contributed by atoms with Crippen LogP contribution >= 0.6 is 0 Å². The van der Waals surface area contributed by atoms with Crippen LogP contribution in [0.2, 0.25) is 0 Å². The molecule has 0 bridgehead atoms. The molecule has 0 spiro atoms. The zero-order chi connectivity index (χ0) is 15.8. The highest BCUT2D eigenvalue weighted by Crippen LogP contribution is 2.17. The Kier molecular flexibility index (Phi) is 5.94. The molecule has 0 heterocycles. The molecule has 0 atom stereocenters. The smallest absolute Gasteiger partial charge is 0.249 e. The van der Waals surface area contributed by atoms with Gasteiger partial charge in [-0.15, -0.1) is 0 Å². The van der Waals surface area contributed by atoms with Crippen molar-refractivity contribution >= 4 is 18.0 Å². The fourth-order valence-corrected chi connectivity index (χ4v) is 2.49. The van der Waals surface area contributed by atoms with E-state index in [4.69, 9.17) is 0 Å². The van der Waals surface area contributed by atoms with Gasteiger partial charge in [-0.3, -0.25) is 9.59 Å². The number of nitrogens with zero attached hydrogens (tertiary/aromatic N) is 1. The average molecular weight is 303 g/mol. The number of benzene rings is 1. The van der Waals surface area contributed by atoms with Crippen LogP contribution in [0.1, 0.15) is 44.1 Å². The highest BCUT2D eigenvalue weighted by Gasteiger charge is 2.17. The lowest BCUT2D eigenvalue weighted by Crippen LogP contribution is -2.38. The van der Waals surface area contributed by atoms with Crippen LogP contribution in [0.4, 0.5) is 0 Å². The molecule has 0 aromatic heterocycles. The maximum atomic E-state index is 11.7. The number of nitrogens with one attached hydrogen (secondary N) is 2. The third-order valence-electron chi connectivity index (χ3n) is 3.56. The van der Waals surface area contributed by atoms with Crippen LogP contribution in [-0.2, 0) is 9.59 Å². The van der Waals surface area contributed by atoms with Gasteiger partial charge in [-0.05, 0) is 30.5 Å². The number of rotatable bonds is 5. The summed E-state index contributed by atoms with van der Waals surface area (Å²) >= 11 is 0. The fraction of sp³-hybridized carbons (Fsp3) is 0.438. The van der Waals surface area contributed by atoms with Gasteiger partial charge in [-0.25, -0.2) is 5.43 Å². The van der Waals surface area contributed by atoms with Gasteiger partial charge in [0.1, 0.15) is 12.2 Å². The Bertz CT molecular complexity index is 551. The predicted molar refractivity (Wildman–Crippen MR) is 83.5 cm³/mol. The first-order chi connectivity index (χ1) is 10.6. The van der Waals surface area contributed by atoms with Crippen LogP contribution < -0.4 is 10.7 Å². The third-order valence-corrected chi connectivity index (χ3v) is 3.56. The number of hydrogen-bond acceptors (Lipinski definition) is 4. The minimum Gasteiger partial charge on any atom is -0.508 e. The van der Waals surface area contributed by atoms with E-state index in [9.17, 15) is 14.7 Å². The lowest BCUT2D eigenvalue weighted by Gasteiger charge is -2.22. The molecule has 0 radical (unpaired) electrons. The Morgan fingerprint density at radius 2 is 2.00 bits per heavy atom. The lowest BCUT2D eigenvalue weighted by atomic mass is 9.95. The molecule has 1 aliphatic carbocycles. The minimum atomic E-state index is -0.454. The van der Waals surface area contributed by atoms with Crippen molar-refractivity contribution in [2.45, 2.75) is 44.6 Å². The molecule has 0 unspecified atom stereocenters. The van der Waals surface area contributed by atoms with E-state index in [2.05, 4.69) is 15.8 Å². The number of amides is 2. The second kappa shape index (κ2) is 8.17. The molecule has 118 valence electrons. The Labute approximate surface area is 129 Å². The summed E-state index contributed by atoms with van der Waals surface area (Å²) in [6, 6.07) is 6.68. The van der Waals surface area contributed by atoms with Crippen molar-refractivity contribution in [2.24, 2.45) is 5.10 Å². The molecule has 1 saturated carbocycles. The van der Waals surface area contributed by atoms with E-state index in [-0.39, 0.29) is 24.1 Å². The molecule has 6 nitrogen and oxygen atoms in total. The summed E-state index contributed by atoms with van der Waals surface area (Å²) in [6.07, 6.45) is 6.64. The molecular weight excluding hydrogens is 282 g/mol. The summed E-state index contributed by atoms with van der Waals surface area (Å²) in [5, 5.41) is 15.9. The van der Waals surface area contributed by atoms with E-state index < -0.39 is 5.91 Å². The van der Waals surface area contributed by atoms with Gasteiger partial charge in [-0.1, -0.05) is 31.4 Å². The summed E-state index contributed by atoms with van der Waals surface area (Å²) in [5.41, 5.74) is 2.97. The van der Waals surface area contributed by atoms with E-state index in [1.165, 1.54) is 18.7 Å². The maximum absolute atomic E-state index is 11.7. The molecule has 6 heteroatoms. The molecule has 3 N–H and O–H groups in total. The molecule has 2 amide bonds. The number of aromatic hydroxyl groups is 1. The first-order valence-electron chi connectivity index (χ1n) is 7.54. The first kappa shape index (κ1) is 16.0. The topological polar surface area (TPSA) is 90.8 Å². The van der Waals surface area contributed by atoms with E-state index >= 15 is 0 Å². The van der Waals surface area contributed by atoms with Crippen LogP contribution in [0.5, 0.6) is 5.75 Å². The molecule has 2 rings (SSSR count). The minimum absolute atomic E-state index is 0.127. The molecular formula is C16H21N3O3. The predicted octanol–water partition coefficient (Wildman–Crippen LogP) is 1.68. The van der Waals surface area contributed by atoms with Crippen LogP contribution in [0.15, 0.2) is 29.4 Å². The van der Waals surface area contributed by atoms with Crippen LogP contribution in [0.3, 0.4) is 0 Å². The number of hydrazone groups is 1. The van der Waals surface area contributed by atoms with Crippen molar-refractivity contribution in [3.63, 3.8) is 0 Å². The van der Waals surface area contributed by atoms with Gasteiger partial charge in [0.05, 0.1) is 6.21 Å². The van der Waals surface area contributed by atoms with Crippen molar-refractivity contribution in [1.82, 2.24) is 10.7 Å². The number of carbonyl (C=O) groups is 2. The highest BCUT2D eigenvalue weighted by molar-refractivity contribution is 5.97. The zero-order valence-corrected chi connectivity index (χ0v) is 12.4. The van der Waals surface area contributed by atoms with Crippen molar-refractivity contribution in [2.75, 3.05) is 0 Å². The van der Waals surface area contributed by atoms with Crippen LogP contribution in [-0.4, -0.2) is 29.2 Å². The lowest BCUT2D eigenvalue weighted by molar-refractivity contribution is -0.129. The number of phenolic OH excluding ortho intramolecular Hbond substituents is 1. The van der Waals surface area contributed by atoms with Gasteiger partial charge in [0, 0.05) is 6.04 Å². The van der Waals surface area contributed by atoms with Gasteiger partial charge >= 0.3 is 0 Å². The van der Waals surface area contributed by atoms with E-state index in [1.54, 1.807) is 18.2 Å². The van der Waals surface area contributed by atoms with Gasteiger partial charge in [0.2, 0.25) is 11.8 Å². The van der Waals surface area contributed by atoms with Gasteiger partial charge in [0.25, 0.3) is 0 Å². The molecule has 0 saturated heterocycles. The van der Waals surface area contributed by atoms with E-state index in [0.29, 0.717) is 5.56 Å². The van der Waals surface area contributed by atoms with E-state index in [0.717, 1.165) is 25.7 Å². The van der Waals surface area contributed by atoms with Crippen LogP contribution in [0.25, 0.3) is 0 Å². The molecule has 0 aliphatic heterocycles. The number of phenols is 1. The summed E-state index contributed by atoms with van der Waals surface area (Å²) in [4.78, 5) is 23.4. The zero-order valence-electron chi connectivity index (χ0n) is 12.4. The second-order valence-electron chi connectivity index (χ2n) is 5.47. The third kappa shape index (κ3) is 5.55. The Morgan fingerprint density at radius 3 is 2.73 bits per heavy atom. The molecule has 22 heavy (non-hydrogen) atoms. The molecule has 1 fully saturated rings. The highest BCUT2D eigenvalue weighted by atomic mass is 16.3. The van der Waals surface area contributed by atoms with Gasteiger partial charge in [0.15, 0.2) is 0 Å². The molecule has 1 aliphatic rings. The van der Waals surface area contributed by atoms with Crippen molar-refractivity contribution in [1.29, 1.82) is 0 Å². The fourth-order valence-electron chi connectivity index (χ4n) is 2.49. The van der Waals surface area contributed by atoms with Crippen molar-refractivity contribution in [3.05, 3.63) is 29.8 Å². The average Bonchev–Trinajstić information content (AvgIpc) is 2.48. The summed E-state index contributed by atoms with van der Waals surface area (Å²) in [7, 11) is 0. The Hall–Kier alpha value is -2.37. The molecule has 1 aromatic rings. The quantitative estimate of drug-likeness (QED) is 0.439. The van der Waals surface area contributed by atoms with Gasteiger partial charge < -0.3 is 10.4 Å². The Morgan fingerprint density at radius 1 is 1.23 bits per heavy atom. The summed E-state index contributed by atoms with van der Waals surface area (Å²) in [5.74, 6) is -0.594. The normalized spacial score (nSPS) is 15.6. The van der Waals surface area contributed by atoms with Crippen molar-refractivity contribution < 1.29 is 14.7 Å². The standard InChI is InChI=1S/C16H21N3O3/c20-14-8-4-5-12(9-14)11-17-19-16(22)10-15(21)18-13-6-2-1-3-7-13/h4-5,8-9,11,13,20H,1-3,6-7,10H2,(H,18,21)(H,19,22)/b17-11-. The number of hydrogen-bond donors (Lipinski definition) is 3. The summed E-state index contributed by atoms with van der Waals surface area (Å²) < 4.78 is 0. The van der Waals surface area contributed by atoms with Crippen LogP contribution in [0, 0.1) is 0 Å². The largest absolute Gasteiger partial charge is 0.508 e. The van der Waals surface area contributed by atoms with E-state index in [1.807, 2.05) is 0 Å². The monoisotopic (exact) mass is 303 g/mol. The summed E-state index contributed by atoms with van der Waals surface area (Å²) in [6.45, 7) is 0. The Balaban J connectivity index is 1.71. The first-order valence-corrected chi connectivity index (χ1v) is 7.54.